The Morgan fingerprint density at radius 3 is 2.05 bits per heavy atom. The van der Waals surface area contributed by atoms with Crippen LogP contribution in [0.5, 0.6) is 5.75 Å². The van der Waals surface area contributed by atoms with Gasteiger partial charge in [-0.2, -0.15) is 0 Å². The zero-order valence-electron chi connectivity index (χ0n) is 11.1. The van der Waals surface area contributed by atoms with Crippen LogP contribution in [0.15, 0.2) is 53.4 Å². The second kappa shape index (κ2) is 7.22. The third-order valence-electron chi connectivity index (χ3n) is 2.89. The maximum atomic E-state index is 5.49. The van der Waals surface area contributed by atoms with Gasteiger partial charge < -0.3 is 10.5 Å². The maximum absolute atomic E-state index is 5.49. The molecule has 0 aliphatic rings. The quantitative estimate of drug-likeness (QED) is 0.642. The van der Waals surface area contributed by atoms with Crippen molar-refractivity contribution in [3.8, 4) is 16.9 Å². The van der Waals surface area contributed by atoms with Crippen LogP contribution in [0.3, 0.4) is 0 Å². The molecule has 0 bridgehead atoms. The van der Waals surface area contributed by atoms with Gasteiger partial charge >= 0.3 is 0 Å². The van der Waals surface area contributed by atoms with Crippen molar-refractivity contribution in [1.82, 2.24) is 0 Å². The molecule has 2 aromatic rings. The first-order chi connectivity index (χ1) is 9.33. The fourth-order valence-corrected chi connectivity index (χ4v) is 2.68. The molecule has 2 N–H and O–H groups in total. The molecule has 0 fully saturated rings. The van der Waals surface area contributed by atoms with Crippen molar-refractivity contribution >= 4 is 11.8 Å². The number of nitrogens with two attached hydrogens (primary N) is 1. The van der Waals surface area contributed by atoms with Crippen LogP contribution < -0.4 is 10.5 Å². The van der Waals surface area contributed by atoms with Crippen molar-refractivity contribution in [2.24, 2.45) is 5.73 Å². The van der Waals surface area contributed by atoms with Crippen molar-refractivity contribution in [1.29, 1.82) is 0 Å². The molecule has 3 heteroatoms. The Morgan fingerprint density at radius 1 is 0.947 bits per heavy atom. The summed E-state index contributed by atoms with van der Waals surface area (Å²) in [4.78, 5) is 1.30. The fraction of sp³-hybridized carbons (Fsp3) is 0.250. The molecule has 0 atom stereocenters. The van der Waals surface area contributed by atoms with Gasteiger partial charge in [0.05, 0.1) is 7.11 Å². The third-order valence-corrected chi connectivity index (χ3v) is 3.99. The van der Waals surface area contributed by atoms with E-state index in [1.54, 1.807) is 7.11 Å². The van der Waals surface area contributed by atoms with Crippen LogP contribution in [0.2, 0.25) is 0 Å². The summed E-state index contributed by atoms with van der Waals surface area (Å²) in [5.74, 6) is 1.97. The smallest absolute Gasteiger partial charge is 0.118 e. The van der Waals surface area contributed by atoms with Gasteiger partial charge in [0.2, 0.25) is 0 Å². The molecule has 0 amide bonds. The largest absolute Gasteiger partial charge is 0.497 e. The molecule has 0 unspecified atom stereocenters. The SMILES string of the molecule is COc1ccc(-c2ccc(SCCCN)cc2)cc1. The van der Waals surface area contributed by atoms with Crippen LogP contribution in [-0.2, 0) is 0 Å². The minimum atomic E-state index is 0.761. The second-order valence-electron chi connectivity index (χ2n) is 4.24. The molecule has 2 nitrogen and oxygen atoms in total. The lowest BCUT2D eigenvalue weighted by atomic mass is 10.1. The number of benzene rings is 2. The van der Waals surface area contributed by atoms with Gasteiger partial charge in [-0.1, -0.05) is 24.3 Å². The molecular formula is C16H19NOS. The molecule has 0 aliphatic heterocycles. The molecule has 2 rings (SSSR count). The lowest BCUT2D eigenvalue weighted by Gasteiger charge is -2.05. The van der Waals surface area contributed by atoms with Gasteiger partial charge in [0.15, 0.2) is 0 Å². The van der Waals surface area contributed by atoms with Crippen LogP contribution in [-0.4, -0.2) is 19.4 Å². The van der Waals surface area contributed by atoms with Crippen molar-refractivity contribution in [2.75, 3.05) is 19.4 Å². The highest BCUT2D eigenvalue weighted by Crippen LogP contribution is 2.25. The molecule has 0 saturated carbocycles. The van der Waals surface area contributed by atoms with E-state index < -0.39 is 0 Å². The van der Waals surface area contributed by atoms with Crippen LogP contribution in [0, 0.1) is 0 Å². The fourth-order valence-electron chi connectivity index (χ4n) is 1.80. The van der Waals surface area contributed by atoms with Crippen molar-refractivity contribution in [3.63, 3.8) is 0 Å². The standard InChI is InChI=1S/C16H19NOS/c1-18-15-7-3-13(4-8-15)14-5-9-16(10-6-14)19-12-2-11-17/h3-10H,2,11-12,17H2,1H3. The minimum absolute atomic E-state index is 0.761. The Bertz CT molecular complexity index is 493. The van der Waals surface area contributed by atoms with Gasteiger partial charge in [0.1, 0.15) is 5.75 Å². The molecule has 19 heavy (non-hydrogen) atoms. The third kappa shape index (κ3) is 4.01. The van der Waals surface area contributed by atoms with Gasteiger partial charge in [-0.25, -0.2) is 0 Å². The molecule has 0 aliphatic carbocycles. The van der Waals surface area contributed by atoms with Crippen LogP contribution >= 0.6 is 11.8 Å². The lowest BCUT2D eigenvalue weighted by Crippen LogP contribution is -1.99. The van der Waals surface area contributed by atoms with E-state index >= 15 is 0 Å². The summed E-state index contributed by atoms with van der Waals surface area (Å²) < 4.78 is 5.17. The Kier molecular flexibility index (Phi) is 5.31. The molecule has 0 saturated heterocycles. The number of rotatable bonds is 6. The normalized spacial score (nSPS) is 10.4. The van der Waals surface area contributed by atoms with E-state index in [0.29, 0.717) is 0 Å². The van der Waals surface area contributed by atoms with Crippen LogP contribution in [0.1, 0.15) is 6.42 Å². The maximum Gasteiger partial charge on any atom is 0.118 e. The van der Waals surface area contributed by atoms with E-state index in [9.17, 15) is 0 Å². The number of hydrogen-bond donors (Lipinski definition) is 1. The highest BCUT2D eigenvalue weighted by atomic mass is 32.2. The molecule has 0 radical (unpaired) electrons. The highest BCUT2D eigenvalue weighted by molar-refractivity contribution is 7.99. The summed E-state index contributed by atoms with van der Waals surface area (Å²) in [7, 11) is 1.68. The molecular weight excluding hydrogens is 254 g/mol. The first kappa shape index (κ1) is 14.0. The van der Waals surface area contributed by atoms with Crippen molar-refractivity contribution in [3.05, 3.63) is 48.5 Å². The molecule has 2 aromatic carbocycles. The number of hydrogen-bond acceptors (Lipinski definition) is 3. The van der Waals surface area contributed by atoms with Gasteiger partial charge in [0, 0.05) is 4.90 Å². The Balaban J connectivity index is 2.04. The summed E-state index contributed by atoms with van der Waals surface area (Å²) in [5.41, 5.74) is 7.93. The van der Waals surface area contributed by atoms with Crippen molar-refractivity contribution < 1.29 is 4.74 Å². The minimum Gasteiger partial charge on any atom is -0.497 e. The number of methoxy groups -OCH3 is 1. The van der Waals surface area contributed by atoms with Crippen LogP contribution in [0.4, 0.5) is 0 Å². The van der Waals surface area contributed by atoms with E-state index in [1.165, 1.54) is 16.0 Å². The zero-order valence-corrected chi connectivity index (χ0v) is 12.0. The molecule has 100 valence electrons. The number of thioether (sulfide) groups is 1. The Morgan fingerprint density at radius 2 is 1.53 bits per heavy atom. The second-order valence-corrected chi connectivity index (χ2v) is 5.41. The predicted octanol–water partition coefficient (Wildman–Crippen LogP) is 3.80. The lowest BCUT2D eigenvalue weighted by molar-refractivity contribution is 0.415. The van der Waals surface area contributed by atoms with E-state index in [4.69, 9.17) is 10.5 Å². The van der Waals surface area contributed by atoms with Gasteiger partial charge in [-0.15, -0.1) is 11.8 Å². The van der Waals surface area contributed by atoms with Gasteiger partial charge in [-0.3, -0.25) is 0 Å². The number of ether oxygens (including phenoxy) is 1. The van der Waals surface area contributed by atoms with Gasteiger partial charge in [-0.05, 0) is 54.1 Å². The summed E-state index contributed by atoms with van der Waals surface area (Å²) in [6.45, 7) is 0.761. The summed E-state index contributed by atoms with van der Waals surface area (Å²) in [5, 5.41) is 0. The summed E-state index contributed by atoms with van der Waals surface area (Å²) >= 11 is 1.85. The van der Waals surface area contributed by atoms with Crippen LogP contribution in [0.25, 0.3) is 11.1 Å². The van der Waals surface area contributed by atoms with E-state index in [1.807, 2.05) is 23.9 Å². The summed E-state index contributed by atoms with van der Waals surface area (Å²) in [6.07, 6.45) is 1.06. The average Bonchev–Trinajstić information content (AvgIpc) is 2.48. The van der Waals surface area contributed by atoms with Gasteiger partial charge in [0.25, 0.3) is 0 Å². The first-order valence-corrected chi connectivity index (χ1v) is 7.39. The first-order valence-electron chi connectivity index (χ1n) is 6.41. The Hall–Kier alpha value is -1.45. The zero-order chi connectivity index (χ0) is 13.5. The predicted molar refractivity (Wildman–Crippen MR) is 82.8 cm³/mol. The summed E-state index contributed by atoms with van der Waals surface area (Å²) in [6, 6.07) is 16.8. The van der Waals surface area contributed by atoms with Crippen molar-refractivity contribution in [2.45, 2.75) is 11.3 Å². The molecule has 0 heterocycles. The average molecular weight is 273 g/mol. The molecule has 0 aromatic heterocycles. The van der Waals surface area contributed by atoms with E-state index in [-0.39, 0.29) is 0 Å². The monoisotopic (exact) mass is 273 g/mol. The van der Waals surface area contributed by atoms with E-state index in [2.05, 4.69) is 36.4 Å². The highest BCUT2D eigenvalue weighted by Gasteiger charge is 1.99. The topological polar surface area (TPSA) is 35.2 Å². The molecule has 0 spiro atoms. The van der Waals surface area contributed by atoms with E-state index in [0.717, 1.165) is 24.5 Å². The Labute approximate surface area is 119 Å².